The van der Waals surface area contributed by atoms with Gasteiger partial charge in [0, 0.05) is 10.8 Å². The van der Waals surface area contributed by atoms with Crippen LogP contribution in [0.2, 0.25) is 0 Å². The summed E-state index contributed by atoms with van der Waals surface area (Å²) in [5.74, 6) is 3.49. The molecule has 2 unspecified atom stereocenters. The third-order valence-electron chi connectivity index (χ3n) is 11.2. The third kappa shape index (κ3) is 8.75. The van der Waals surface area contributed by atoms with Gasteiger partial charge in [0.1, 0.15) is 67.7 Å². The van der Waals surface area contributed by atoms with E-state index in [2.05, 4.69) is 132 Å². The zero-order valence-electron chi connectivity index (χ0n) is 34.5. The number of hydrogen-bond donors (Lipinski definition) is 1. The average Bonchev–Trinajstić information content (AvgIpc) is 4.03. The van der Waals surface area contributed by atoms with Gasteiger partial charge in [0.15, 0.2) is 0 Å². The van der Waals surface area contributed by atoms with Gasteiger partial charge in [-0.2, -0.15) is 0 Å². The smallest absolute Gasteiger partial charge is 0.125 e. The van der Waals surface area contributed by atoms with Crippen LogP contribution in [-0.4, -0.2) is 63.1 Å². The van der Waals surface area contributed by atoms with Crippen molar-refractivity contribution in [3.63, 3.8) is 0 Å². The highest BCUT2D eigenvalue weighted by atomic mass is 16.6. The molecular formula is C47H60O7. The van der Waals surface area contributed by atoms with Gasteiger partial charge in [-0.1, -0.05) is 76.2 Å². The van der Waals surface area contributed by atoms with Crippen molar-refractivity contribution in [2.24, 2.45) is 0 Å². The molecule has 0 bridgehead atoms. The molecule has 7 nitrogen and oxygen atoms in total. The molecule has 4 aromatic rings. The van der Waals surface area contributed by atoms with E-state index in [1.165, 1.54) is 22.3 Å². The van der Waals surface area contributed by atoms with Crippen LogP contribution in [0.1, 0.15) is 94.5 Å². The van der Waals surface area contributed by atoms with Crippen LogP contribution in [-0.2, 0) is 20.3 Å². The first kappa shape index (κ1) is 39.6. The summed E-state index contributed by atoms with van der Waals surface area (Å²) in [5, 5.41) is 11.0. The Balaban J connectivity index is 1.08. The van der Waals surface area contributed by atoms with Crippen LogP contribution < -0.4 is 18.9 Å². The van der Waals surface area contributed by atoms with E-state index in [0.29, 0.717) is 13.2 Å². The number of aryl methyl sites for hydroxylation is 8. The predicted octanol–water partition coefficient (Wildman–Crippen LogP) is 9.18. The fourth-order valence-corrected chi connectivity index (χ4v) is 7.58. The molecule has 2 aliphatic rings. The number of epoxide rings is 2. The molecule has 2 fully saturated rings. The molecule has 0 saturated carbocycles. The number of aliphatic hydroxyl groups excluding tert-OH is 1. The number of benzene rings is 4. The van der Waals surface area contributed by atoms with Crippen LogP contribution in [0.3, 0.4) is 0 Å². The van der Waals surface area contributed by atoms with E-state index in [1.807, 2.05) is 0 Å². The molecule has 1 N–H and O–H groups in total. The number of hydrogen-bond acceptors (Lipinski definition) is 7. The van der Waals surface area contributed by atoms with Gasteiger partial charge in [-0.3, -0.25) is 0 Å². The minimum absolute atomic E-state index is 0.130. The third-order valence-corrected chi connectivity index (χ3v) is 11.2. The van der Waals surface area contributed by atoms with E-state index >= 15 is 0 Å². The van der Waals surface area contributed by atoms with Crippen molar-refractivity contribution in [1.82, 2.24) is 0 Å². The standard InChI is InChI=1S/C47H60O7/c1-27-13-35(46(9,10)37-17-31(5)44(32(6)18-37)53-25-40-23-49-40)14-28(2)42(27)51-21-39(48)22-52-43-29(3)15-36(16-30(43)4)47(11,12)38-19-33(7)45(34(8)20-38)54-26-41-24-50-41/h13-20,39-41,48H,21-26H2,1-12H3. The summed E-state index contributed by atoms with van der Waals surface area (Å²) in [4.78, 5) is 0. The van der Waals surface area contributed by atoms with Gasteiger partial charge in [-0.05, 0) is 122 Å². The molecule has 2 aliphatic heterocycles. The van der Waals surface area contributed by atoms with Crippen LogP contribution in [0.25, 0.3) is 0 Å². The van der Waals surface area contributed by atoms with Crippen molar-refractivity contribution < 1.29 is 33.5 Å². The van der Waals surface area contributed by atoms with E-state index in [0.717, 1.165) is 80.7 Å². The van der Waals surface area contributed by atoms with Gasteiger partial charge in [0.2, 0.25) is 0 Å². The van der Waals surface area contributed by atoms with E-state index in [9.17, 15) is 5.11 Å². The molecule has 0 radical (unpaired) electrons. The molecule has 54 heavy (non-hydrogen) atoms. The minimum Gasteiger partial charge on any atom is -0.490 e. The first-order chi connectivity index (χ1) is 25.4. The molecular weight excluding hydrogens is 677 g/mol. The molecule has 0 aliphatic carbocycles. The summed E-state index contributed by atoms with van der Waals surface area (Å²) in [6.07, 6.45) is -0.351. The summed E-state index contributed by atoms with van der Waals surface area (Å²) in [6.45, 7) is 28.8. The molecule has 6 rings (SSSR count). The Morgan fingerprint density at radius 2 is 0.704 bits per heavy atom. The first-order valence-corrected chi connectivity index (χ1v) is 19.3. The number of rotatable bonds is 16. The SMILES string of the molecule is Cc1cc(C(C)(C)c2cc(C)c(OCC3CO3)c(C)c2)cc(C)c1OCC(O)COc1c(C)cc(C(C)(C)c2cc(C)c(OCC3CO3)c(C)c2)cc1C. The molecule has 2 saturated heterocycles. The molecule has 0 spiro atoms. The maximum absolute atomic E-state index is 11.0. The van der Waals surface area contributed by atoms with Gasteiger partial charge in [0.25, 0.3) is 0 Å². The highest BCUT2D eigenvalue weighted by Crippen LogP contribution is 2.40. The molecule has 0 aromatic heterocycles. The normalized spacial score (nSPS) is 17.3. The van der Waals surface area contributed by atoms with Crippen molar-refractivity contribution in [2.75, 3.05) is 39.6 Å². The van der Waals surface area contributed by atoms with E-state index in [-0.39, 0.29) is 36.3 Å². The molecule has 7 heteroatoms. The Morgan fingerprint density at radius 1 is 0.481 bits per heavy atom. The summed E-state index contributed by atoms with van der Waals surface area (Å²) in [5.41, 5.74) is 13.1. The van der Waals surface area contributed by atoms with Crippen molar-refractivity contribution in [3.05, 3.63) is 115 Å². The van der Waals surface area contributed by atoms with Crippen molar-refractivity contribution in [3.8, 4) is 23.0 Å². The lowest BCUT2D eigenvalue weighted by Crippen LogP contribution is -2.26. The van der Waals surface area contributed by atoms with Gasteiger partial charge < -0.3 is 33.5 Å². The maximum atomic E-state index is 11.0. The topological polar surface area (TPSA) is 82.2 Å². The van der Waals surface area contributed by atoms with Crippen molar-refractivity contribution in [2.45, 2.75) is 112 Å². The highest BCUT2D eigenvalue weighted by Gasteiger charge is 2.30. The summed E-state index contributed by atoms with van der Waals surface area (Å²) >= 11 is 0. The molecule has 290 valence electrons. The van der Waals surface area contributed by atoms with Gasteiger partial charge in [-0.25, -0.2) is 0 Å². The zero-order chi connectivity index (χ0) is 39.1. The molecule has 2 heterocycles. The van der Waals surface area contributed by atoms with E-state index in [1.54, 1.807) is 0 Å². The van der Waals surface area contributed by atoms with Gasteiger partial charge in [-0.15, -0.1) is 0 Å². The van der Waals surface area contributed by atoms with Crippen LogP contribution in [0.5, 0.6) is 23.0 Å². The van der Waals surface area contributed by atoms with E-state index in [4.69, 9.17) is 28.4 Å². The Hall–Kier alpha value is -4.04. The van der Waals surface area contributed by atoms with Crippen LogP contribution in [0.15, 0.2) is 48.5 Å². The quantitative estimate of drug-likeness (QED) is 0.115. The summed E-state index contributed by atoms with van der Waals surface area (Å²) < 4.78 is 35.4. The first-order valence-electron chi connectivity index (χ1n) is 19.3. The van der Waals surface area contributed by atoms with E-state index < -0.39 is 6.10 Å². The minimum atomic E-state index is -0.800. The second kappa shape index (κ2) is 15.6. The summed E-state index contributed by atoms with van der Waals surface area (Å²) in [7, 11) is 0. The second-order valence-electron chi connectivity index (χ2n) is 16.8. The molecule has 2 atom stereocenters. The lowest BCUT2D eigenvalue weighted by Gasteiger charge is -2.29. The lowest BCUT2D eigenvalue weighted by molar-refractivity contribution is 0.0617. The molecule has 0 amide bonds. The van der Waals surface area contributed by atoms with Crippen LogP contribution >= 0.6 is 0 Å². The second-order valence-corrected chi connectivity index (χ2v) is 16.8. The number of ether oxygens (including phenoxy) is 6. The Morgan fingerprint density at radius 3 is 0.926 bits per heavy atom. The monoisotopic (exact) mass is 736 g/mol. The van der Waals surface area contributed by atoms with Crippen LogP contribution in [0, 0.1) is 55.4 Å². The van der Waals surface area contributed by atoms with Crippen molar-refractivity contribution in [1.29, 1.82) is 0 Å². The fourth-order valence-electron chi connectivity index (χ4n) is 7.58. The van der Waals surface area contributed by atoms with Crippen LogP contribution in [0.4, 0.5) is 0 Å². The summed E-state index contributed by atoms with van der Waals surface area (Å²) in [6, 6.07) is 17.8. The van der Waals surface area contributed by atoms with Crippen molar-refractivity contribution >= 4 is 0 Å². The lowest BCUT2D eigenvalue weighted by atomic mass is 9.76. The Labute approximate surface area is 322 Å². The Kier molecular flexibility index (Phi) is 11.5. The zero-order valence-corrected chi connectivity index (χ0v) is 34.5. The maximum Gasteiger partial charge on any atom is 0.125 e. The average molecular weight is 737 g/mol. The molecule has 4 aromatic carbocycles. The highest BCUT2D eigenvalue weighted by molar-refractivity contribution is 5.54. The van der Waals surface area contributed by atoms with Gasteiger partial charge >= 0.3 is 0 Å². The van der Waals surface area contributed by atoms with Gasteiger partial charge in [0.05, 0.1) is 13.2 Å². The fraction of sp³-hybridized carbons (Fsp3) is 0.489. The predicted molar refractivity (Wildman–Crippen MR) is 215 cm³/mol. The number of aliphatic hydroxyl groups is 1. The Bertz CT molecular complexity index is 1760. The largest absolute Gasteiger partial charge is 0.490 e.